The quantitative estimate of drug-likeness (QED) is 0.863. The molecule has 0 amide bonds. The number of likely N-dealkylation sites (N-methyl/N-ethyl adjacent to an activating group) is 1. The van der Waals surface area contributed by atoms with Crippen LogP contribution in [0, 0.1) is 0 Å². The summed E-state index contributed by atoms with van der Waals surface area (Å²) < 4.78 is 11.4. The molecule has 4 nitrogen and oxygen atoms in total. The predicted octanol–water partition coefficient (Wildman–Crippen LogP) is 2.07. The molecular formula is C16H26N2O2. The SMILES string of the molecule is CCCN1CCOC(CNC)C1c1cccc(OC)c1. The molecule has 1 N–H and O–H groups in total. The van der Waals surface area contributed by atoms with Crippen molar-refractivity contribution < 1.29 is 9.47 Å². The van der Waals surface area contributed by atoms with E-state index in [1.165, 1.54) is 5.56 Å². The first-order valence-corrected chi connectivity index (χ1v) is 7.44. The minimum Gasteiger partial charge on any atom is -0.497 e. The molecule has 1 aliphatic rings. The van der Waals surface area contributed by atoms with Crippen molar-refractivity contribution in [1.29, 1.82) is 0 Å². The van der Waals surface area contributed by atoms with Crippen molar-refractivity contribution >= 4 is 0 Å². The molecule has 2 unspecified atom stereocenters. The highest BCUT2D eigenvalue weighted by molar-refractivity contribution is 5.31. The average Bonchev–Trinajstić information content (AvgIpc) is 2.48. The maximum absolute atomic E-state index is 5.99. The van der Waals surface area contributed by atoms with E-state index in [0.717, 1.165) is 38.4 Å². The van der Waals surface area contributed by atoms with Gasteiger partial charge in [-0.05, 0) is 37.7 Å². The molecule has 2 rings (SSSR count). The monoisotopic (exact) mass is 278 g/mol. The summed E-state index contributed by atoms with van der Waals surface area (Å²) >= 11 is 0. The topological polar surface area (TPSA) is 33.7 Å². The van der Waals surface area contributed by atoms with E-state index >= 15 is 0 Å². The molecule has 112 valence electrons. The van der Waals surface area contributed by atoms with Crippen molar-refractivity contribution in [3.8, 4) is 5.75 Å². The lowest BCUT2D eigenvalue weighted by molar-refractivity contribution is -0.0704. The van der Waals surface area contributed by atoms with Gasteiger partial charge in [-0.2, -0.15) is 0 Å². The van der Waals surface area contributed by atoms with Crippen LogP contribution >= 0.6 is 0 Å². The molecule has 2 atom stereocenters. The lowest BCUT2D eigenvalue weighted by Gasteiger charge is -2.41. The molecule has 1 aromatic rings. The molecule has 0 aliphatic carbocycles. The first kappa shape index (κ1) is 15.3. The van der Waals surface area contributed by atoms with Crippen LogP contribution < -0.4 is 10.1 Å². The second-order valence-electron chi connectivity index (χ2n) is 5.22. The van der Waals surface area contributed by atoms with Gasteiger partial charge in [0.05, 0.1) is 25.9 Å². The summed E-state index contributed by atoms with van der Waals surface area (Å²) in [5, 5.41) is 3.25. The molecule has 0 spiro atoms. The molecule has 20 heavy (non-hydrogen) atoms. The molecule has 4 heteroatoms. The summed E-state index contributed by atoms with van der Waals surface area (Å²) in [6.45, 7) is 6.00. The summed E-state index contributed by atoms with van der Waals surface area (Å²) in [4.78, 5) is 2.53. The van der Waals surface area contributed by atoms with E-state index in [2.05, 4.69) is 35.3 Å². The maximum Gasteiger partial charge on any atom is 0.119 e. The highest BCUT2D eigenvalue weighted by atomic mass is 16.5. The van der Waals surface area contributed by atoms with Crippen LogP contribution in [-0.4, -0.2) is 51.4 Å². The molecule has 1 saturated heterocycles. The molecule has 0 saturated carbocycles. The fourth-order valence-electron chi connectivity index (χ4n) is 2.95. The first-order valence-electron chi connectivity index (χ1n) is 7.44. The van der Waals surface area contributed by atoms with Gasteiger partial charge in [0, 0.05) is 13.1 Å². The number of ether oxygens (including phenoxy) is 2. The number of benzene rings is 1. The zero-order valence-corrected chi connectivity index (χ0v) is 12.8. The van der Waals surface area contributed by atoms with Crippen molar-refractivity contribution in [3.05, 3.63) is 29.8 Å². The normalized spacial score (nSPS) is 23.8. The van der Waals surface area contributed by atoms with E-state index in [4.69, 9.17) is 9.47 Å². The number of hydrogen-bond donors (Lipinski definition) is 1. The molecular weight excluding hydrogens is 252 g/mol. The van der Waals surface area contributed by atoms with E-state index in [1.807, 2.05) is 13.1 Å². The highest BCUT2D eigenvalue weighted by Crippen LogP contribution is 2.31. The number of morpholine rings is 1. The van der Waals surface area contributed by atoms with Gasteiger partial charge in [-0.25, -0.2) is 0 Å². The van der Waals surface area contributed by atoms with E-state index in [-0.39, 0.29) is 6.10 Å². The van der Waals surface area contributed by atoms with Gasteiger partial charge in [-0.15, -0.1) is 0 Å². The standard InChI is InChI=1S/C16H26N2O2/c1-4-8-18-9-10-20-15(12-17-2)16(18)13-6-5-7-14(11-13)19-3/h5-7,11,15-17H,4,8-10,12H2,1-3H3. The fraction of sp³-hybridized carbons (Fsp3) is 0.625. The van der Waals surface area contributed by atoms with E-state index < -0.39 is 0 Å². The zero-order valence-electron chi connectivity index (χ0n) is 12.8. The molecule has 0 bridgehead atoms. The molecule has 0 aromatic heterocycles. The highest BCUT2D eigenvalue weighted by Gasteiger charge is 2.32. The van der Waals surface area contributed by atoms with Gasteiger partial charge in [0.15, 0.2) is 0 Å². The smallest absolute Gasteiger partial charge is 0.119 e. The number of rotatable bonds is 6. The van der Waals surface area contributed by atoms with Crippen LogP contribution in [0.4, 0.5) is 0 Å². The van der Waals surface area contributed by atoms with Crippen LogP contribution in [0.1, 0.15) is 24.9 Å². The van der Waals surface area contributed by atoms with Gasteiger partial charge in [0.2, 0.25) is 0 Å². The Kier molecular flexibility index (Phi) is 5.83. The molecule has 1 aromatic carbocycles. The summed E-state index contributed by atoms with van der Waals surface area (Å²) in [6.07, 6.45) is 1.35. The predicted molar refractivity (Wildman–Crippen MR) is 81.3 cm³/mol. The summed E-state index contributed by atoms with van der Waals surface area (Å²) in [6, 6.07) is 8.65. The van der Waals surface area contributed by atoms with Crippen molar-refractivity contribution in [1.82, 2.24) is 10.2 Å². The van der Waals surface area contributed by atoms with E-state index in [1.54, 1.807) is 7.11 Å². The maximum atomic E-state index is 5.99. The van der Waals surface area contributed by atoms with Crippen molar-refractivity contribution in [2.75, 3.05) is 40.4 Å². The van der Waals surface area contributed by atoms with Crippen LogP contribution in [0.5, 0.6) is 5.75 Å². The summed E-state index contributed by atoms with van der Waals surface area (Å²) in [5.41, 5.74) is 1.28. The molecule has 0 radical (unpaired) electrons. The second-order valence-corrected chi connectivity index (χ2v) is 5.22. The largest absolute Gasteiger partial charge is 0.497 e. The number of hydrogen-bond acceptors (Lipinski definition) is 4. The second kappa shape index (κ2) is 7.62. The van der Waals surface area contributed by atoms with Gasteiger partial charge in [-0.3, -0.25) is 4.90 Å². The minimum absolute atomic E-state index is 0.187. The third-order valence-electron chi connectivity index (χ3n) is 3.81. The van der Waals surface area contributed by atoms with Crippen LogP contribution in [0.25, 0.3) is 0 Å². The zero-order chi connectivity index (χ0) is 14.4. The van der Waals surface area contributed by atoms with Crippen LogP contribution in [-0.2, 0) is 4.74 Å². The van der Waals surface area contributed by atoms with Crippen molar-refractivity contribution in [2.24, 2.45) is 0 Å². The van der Waals surface area contributed by atoms with Gasteiger partial charge in [-0.1, -0.05) is 19.1 Å². The Morgan fingerprint density at radius 1 is 1.45 bits per heavy atom. The Morgan fingerprint density at radius 3 is 3.00 bits per heavy atom. The van der Waals surface area contributed by atoms with Crippen molar-refractivity contribution in [3.63, 3.8) is 0 Å². The van der Waals surface area contributed by atoms with E-state index in [0.29, 0.717) is 6.04 Å². The minimum atomic E-state index is 0.187. The molecule has 1 heterocycles. The third kappa shape index (κ3) is 3.51. The van der Waals surface area contributed by atoms with Crippen LogP contribution in [0.3, 0.4) is 0 Å². The molecule has 1 aliphatic heterocycles. The number of nitrogens with zero attached hydrogens (tertiary/aromatic N) is 1. The summed E-state index contributed by atoms with van der Waals surface area (Å²) in [7, 11) is 3.69. The number of nitrogens with one attached hydrogen (secondary N) is 1. The Morgan fingerprint density at radius 2 is 2.30 bits per heavy atom. The van der Waals surface area contributed by atoms with Crippen LogP contribution in [0.2, 0.25) is 0 Å². The van der Waals surface area contributed by atoms with E-state index in [9.17, 15) is 0 Å². The first-order chi connectivity index (χ1) is 9.80. The fourth-order valence-corrected chi connectivity index (χ4v) is 2.95. The third-order valence-corrected chi connectivity index (χ3v) is 3.81. The Bertz CT molecular complexity index is 393. The van der Waals surface area contributed by atoms with Gasteiger partial charge in [0.25, 0.3) is 0 Å². The average molecular weight is 278 g/mol. The van der Waals surface area contributed by atoms with Gasteiger partial charge in [0.1, 0.15) is 5.75 Å². The lowest BCUT2D eigenvalue weighted by Crippen LogP contribution is -2.48. The van der Waals surface area contributed by atoms with Crippen LogP contribution in [0.15, 0.2) is 24.3 Å². The van der Waals surface area contributed by atoms with Crippen molar-refractivity contribution in [2.45, 2.75) is 25.5 Å². The van der Waals surface area contributed by atoms with Gasteiger partial charge < -0.3 is 14.8 Å². The van der Waals surface area contributed by atoms with Gasteiger partial charge >= 0.3 is 0 Å². The Labute approximate surface area is 122 Å². The molecule has 1 fully saturated rings. The number of methoxy groups -OCH3 is 1. The Hall–Kier alpha value is -1.10. The lowest BCUT2D eigenvalue weighted by atomic mass is 9.97. The summed E-state index contributed by atoms with van der Waals surface area (Å²) in [5.74, 6) is 0.910. The Balaban J connectivity index is 2.27.